The smallest absolute Gasteiger partial charge is 0.253 e. The fourth-order valence-corrected chi connectivity index (χ4v) is 1.17. The van der Waals surface area contributed by atoms with E-state index in [0.29, 0.717) is 0 Å². The summed E-state index contributed by atoms with van der Waals surface area (Å²) in [6.07, 6.45) is 5.44. The highest BCUT2D eigenvalue weighted by molar-refractivity contribution is 6.31. The summed E-state index contributed by atoms with van der Waals surface area (Å²) in [6.45, 7) is 3.51. The van der Waals surface area contributed by atoms with E-state index in [-0.39, 0.29) is 0 Å². The van der Waals surface area contributed by atoms with Crippen molar-refractivity contribution in [3.63, 3.8) is 0 Å². The zero-order valence-electron chi connectivity index (χ0n) is 5.05. The third-order valence-corrected chi connectivity index (χ3v) is 2.13. The molecule has 0 unspecified atom stereocenters. The lowest BCUT2D eigenvalue weighted by Crippen LogP contribution is -2.13. The van der Waals surface area contributed by atoms with Gasteiger partial charge in [0, 0.05) is 0 Å². The summed E-state index contributed by atoms with van der Waals surface area (Å²) in [7, 11) is 0.425. The van der Waals surface area contributed by atoms with Gasteiger partial charge in [-0.1, -0.05) is 12.7 Å². The lowest BCUT2D eigenvalue weighted by atomic mass is 10.6. The van der Waals surface area contributed by atoms with Crippen LogP contribution in [0.15, 0.2) is 24.9 Å². The van der Waals surface area contributed by atoms with Crippen LogP contribution in [0.5, 0.6) is 0 Å². The molecule has 0 aromatic heterocycles. The molecule has 0 aliphatic heterocycles. The van der Waals surface area contributed by atoms with Crippen molar-refractivity contribution in [2.75, 3.05) is 0 Å². The fraction of sp³-hybridized carbons (Fsp3) is 0. The van der Waals surface area contributed by atoms with Gasteiger partial charge in [-0.2, -0.15) is 0 Å². The molecule has 0 rings (SSSR count). The van der Waals surface area contributed by atoms with Gasteiger partial charge in [0.05, 0.1) is 0 Å². The molecular formula is C4H11NOSi2. The molecule has 0 radical (unpaired) electrons. The molecule has 0 atom stereocenters. The van der Waals surface area contributed by atoms with Crippen molar-refractivity contribution < 1.29 is 4.12 Å². The van der Waals surface area contributed by atoms with E-state index in [1.807, 2.05) is 12.3 Å². The lowest BCUT2D eigenvalue weighted by Gasteiger charge is -1.92. The minimum Gasteiger partial charge on any atom is -0.453 e. The molecule has 46 valence electrons. The predicted octanol–water partition coefficient (Wildman–Crippen LogP) is -1.43. The Morgan fingerprint density at radius 1 is 1.75 bits per heavy atom. The van der Waals surface area contributed by atoms with Gasteiger partial charge in [0.25, 0.3) is 9.92 Å². The molecule has 0 amide bonds. The standard InChI is InChI=1S/C4H11NOSi2/c1-2-3-4-5-8-6-7/h2-5H,1,8H2,7H3. The highest BCUT2D eigenvalue weighted by Crippen LogP contribution is 1.64. The van der Waals surface area contributed by atoms with E-state index in [2.05, 4.69) is 11.6 Å². The SMILES string of the molecule is C=CC=CN[SiH2]O[SiH3]. The van der Waals surface area contributed by atoms with E-state index in [4.69, 9.17) is 4.12 Å². The topological polar surface area (TPSA) is 21.3 Å². The van der Waals surface area contributed by atoms with Crippen LogP contribution in [0.2, 0.25) is 0 Å². The zero-order chi connectivity index (χ0) is 6.24. The Morgan fingerprint density at radius 2 is 2.50 bits per heavy atom. The van der Waals surface area contributed by atoms with Crippen LogP contribution in [0.1, 0.15) is 0 Å². The van der Waals surface area contributed by atoms with E-state index in [0.717, 1.165) is 10.5 Å². The summed E-state index contributed by atoms with van der Waals surface area (Å²) in [5, 5.41) is 0. The highest BCUT2D eigenvalue weighted by Gasteiger charge is 1.70. The molecule has 0 fully saturated rings. The van der Waals surface area contributed by atoms with Crippen molar-refractivity contribution in [1.82, 2.24) is 4.98 Å². The summed E-state index contributed by atoms with van der Waals surface area (Å²) in [6, 6.07) is 0. The number of hydrogen-bond donors (Lipinski definition) is 1. The summed E-state index contributed by atoms with van der Waals surface area (Å²) in [5.74, 6) is 0. The Balaban J connectivity index is 2.91. The van der Waals surface area contributed by atoms with E-state index >= 15 is 0 Å². The second-order valence-electron chi connectivity index (χ2n) is 1.23. The maximum absolute atomic E-state index is 4.97. The summed E-state index contributed by atoms with van der Waals surface area (Å²) >= 11 is 0. The molecule has 0 saturated heterocycles. The second kappa shape index (κ2) is 6.67. The van der Waals surface area contributed by atoms with Gasteiger partial charge in [0.1, 0.15) is 10.5 Å². The normalized spacial score (nSPS) is 11.5. The highest BCUT2D eigenvalue weighted by atomic mass is 28.3. The third kappa shape index (κ3) is 5.67. The van der Waals surface area contributed by atoms with Crippen LogP contribution in [-0.4, -0.2) is 20.4 Å². The van der Waals surface area contributed by atoms with Crippen molar-refractivity contribution in [2.45, 2.75) is 0 Å². The Kier molecular flexibility index (Phi) is 6.40. The van der Waals surface area contributed by atoms with Gasteiger partial charge in [-0.3, -0.25) is 0 Å². The van der Waals surface area contributed by atoms with E-state index in [9.17, 15) is 0 Å². The van der Waals surface area contributed by atoms with Crippen molar-refractivity contribution in [3.8, 4) is 0 Å². The molecule has 0 heterocycles. The van der Waals surface area contributed by atoms with Crippen molar-refractivity contribution >= 4 is 20.4 Å². The van der Waals surface area contributed by atoms with Gasteiger partial charge >= 0.3 is 0 Å². The number of nitrogens with one attached hydrogen (secondary N) is 1. The number of allylic oxidation sites excluding steroid dienone is 2. The molecule has 4 heteroatoms. The van der Waals surface area contributed by atoms with Crippen LogP contribution in [0.4, 0.5) is 0 Å². The third-order valence-electron chi connectivity index (χ3n) is 0.578. The van der Waals surface area contributed by atoms with Crippen molar-refractivity contribution in [2.24, 2.45) is 0 Å². The molecule has 0 aromatic carbocycles. The van der Waals surface area contributed by atoms with Crippen molar-refractivity contribution in [1.29, 1.82) is 0 Å². The molecule has 0 bridgehead atoms. The number of rotatable bonds is 4. The second-order valence-corrected chi connectivity index (χ2v) is 4.24. The van der Waals surface area contributed by atoms with E-state index in [1.54, 1.807) is 6.08 Å². The minimum absolute atomic E-state index is 0.421. The summed E-state index contributed by atoms with van der Waals surface area (Å²) < 4.78 is 4.97. The first-order chi connectivity index (χ1) is 3.91. The lowest BCUT2D eigenvalue weighted by molar-refractivity contribution is 0.653. The number of hydrogen-bond acceptors (Lipinski definition) is 2. The van der Waals surface area contributed by atoms with Gasteiger partial charge in [-0.15, -0.1) is 0 Å². The molecule has 1 N–H and O–H groups in total. The maximum Gasteiger partial charge on any atom is 0.253 e. The van der Waals surface area contributed by atoms with E-state index in [1.165, 1.54) is 0 Å². The maximum atomic E-state index is 4.97. The molecule has 0 spiro atoms. The average molecular weight is 145 g/mol. The average Bonchev–Trinajstić information content (AvgIpc) is 1.81. The van der Waals surface area contributed by atoms with Crippen LogP contribution in [0, 0.1) is 0 Å². The van der Waals surface area contributed by atoms with Crippen LogP contribution in [0.25, 0.3) is 0 Å². The Morgan fingerprint density at radius 3 is 3.00 bits per heavy atom. The molecule has 0 saturated carbocycles. The van der Waals surface area contributed by atoms with Crippen LogP contribution >= 0.6 is 0 Å². The fourth-order valence-electron chi connectivity index (χ4n) is 0.268. The van der Waals surface area contributed by atoms with Crippen molar-refractivity contribution in [3.05, 3.63) is 24.9 Å². The molecule has 0 aromatic rings. The monoisotopic (exact) mass is 145 g/mol. The van der Waals surface area contributed by atoms with Crippen LogP contribution in [-0.2, 0) is 4.12 Å². The van der Waals surface area contributed by atoms with E-state index < -0.39 is 9.92 Å². The molecule has 8 heavy (non-hydrogen) atoms. The summed E-state index contributed by atoms with van der Waals surface area (Å²) in [5.41, 5.74) is 0. The molecule has 0 aliphatic rings. The largest absolute Gasteiger partial charge is 0.453 e. The first-order valence-electron chi connectivity index (χ1n) is 2.41. The van der Waals surface area contributed by atoms with Gasteiger partial charge in [-0.05, 0) is 12.3 Å². The van der Waals surface area contributed by atoms with Gasteiger partial charge in [-0.25, -0.2) is 0 Å². The molecule has 2 nitrogen and oxygen atoms in total. The first kappa shape index (κ1) is 7.67. The molecule has 0 aliphatic carbocycles. The Labute approximate surface area is 55.2 Å². The van der Waals surface area contributed by atoms with Gasteiger partial charge < -0.3 is 9.10 Å². The quantitative estimate of drug-likeness (QED) is 0.298. The first-order valence-corrected chi connectivity index (χ1v) is 4.52. The Bertz CT molecular complexity index is 84.1. The summed E-state index contributed by atoms with van der Waals surface area (Å²) in [4.78, 5) is 3.04. The minimum atomic E-state index is -0.421. The van der Waals surface area contributed by atoms with Gasteiger partial charge in [0.2, 0.25) is 0 Å². The predicted molar refractivity (Wildman–Crippen MR) is 42.0 cm³/mol. The van der Waals surface area contributed by atoms with Crippen LogP contribution < -0.4 is 4.98 Å². The zero-order valence-corrected chi connectivity index (χ0v) is 8.47. The van der Waals surface area contributed by atoms with Gasteiger partial charge in [0.15, 0.2) is 0 Å². The van der Waals surface area contributed by atoms with Crippen LogP contribution in [0.3, 0.4) is 0 Å². The molecular weight excluding hydrogens is 134 g/mol. The Hall–Kier alpha value is -0.326.